The number of rotatable bonds is 5. The Kier molecular flexibility index (Phi) is 7.18. The van der Waals surface area contributed by atoms with Gasteiger partial charge in [0.2, 0.25) is 0 Å². The topological polar surface area (TPSA) is 3.24 Å². The molecule has 0 spiro atoms. The number of benzene rings is 8. The van der Waals surface area contributed by atoms with Gasteiger partial charge in [-0.15, -0.1) is 11.3 Å². The van der Waals surface area contributed by atoms with Crippen LogP contribution < -0.4 is 4.90 Å². The Bertz CT molecular complexity index is 3050. The molecule has 0 bridgehead atoms. The Hall–Kier alpha value is -6.22. The van der Waals surface area contributed by atoms with Gasteiger partial charge in [-0.25, -0.2) is 0 Å². The molecule has 8 aromatic carbocycles. The molecule has 2 aliphatic carbocycles. The van der Waals surface area contributed by atoms with E-state index in [1.54, 1.807) is 0 Å². The van der Waals surface area contributed by atoms with Crippen molar-refractivity contribution in [3.05, 3.63) is 198 Å². The predicted molar refractivity (Wildman–Crippen MR) is 240 cm³/mol. The van der Waals surface area contributed by atoms with Gasteiger partial charge in [0.15, 0.2) is 0 Å². The summed E-state index contributed by atoms with van der Waals surface area (Å²) in [5.74, 6) is 0. The third-order valence-electron chi connectivity index (χ3n) is 12.7. The maximum absolute atomic E-state index is 2.57. The highest BCUT2D eigenvalue weighted by molar-refractivity contribution is 7.26. The van der Waals surface area contributed by atoms with Crippen molar-refractivity contribution in [2.45, 2.75) is 38.5 Å². The molecule has 0 atom stereocenters. The Morgan fingerprint density at radius 2 is 0.893 bits per heavy atom. The van der Waals surface area contributed by atoms with Gasteiger partial charge in [0.1, 0.15) is 0 Å². The highest BCUT2D eigenvalue weighted by Gasteiger charge is 2.39. The van der Waals surface area contributed by atoms with Gasteiger partial charge in [0.25, 0.3) is 0 Å². The fourth-order valence-electron chi connectivity index (χ4n) is 9.97. The molecule has 2 aliphatic rings. The van der Waals surface area contributed by atoms with Gasteiger partial charge in [0, 0.05) is 53.3 Å². The zero-order chi connectivity index (χ0) is 37.8. The van der Waals surface area contributed by atoms with Crippen LogP contribution in [0.5, 0.6) is 0 Å². The van der Waals surface area contributed by atoms with Crippen molar-refractivity contribution < 1.29 is 0 Å². The fraction of sp³-hybridized carbons (Fsp3) is 0.111. The van der Waals surface area contributed by atoms with Gasteiger partial charge >= 0.3 is 0 Å². The molecule has 0 saturated heterocycles. The Morgan fingerprint density at radius 1 is 0.375 bits per heavy atom. The van der Waals surface area contributed by atoms with E-state index in [0.29, 0.717) is 0 Å². The largest absolute Gasteiger partial charge is 0.309 e. The molecule has 0 unspecified atom stereocenters. The van der Waals surface area contributed by atoms with Gasteiger partial charge in [-0.05, 0) is 74.8 Å². The summed E-state index contributed by atoms with van der Waals surface area (Å²) < 4.78 is 2.63. The lowest BCUT2D eigenvalue weighted by molar-refractivity contribution is 0.660. The average molecular weight is 736 g/mol. The van der Waals surface area contributed by atoms with Gasteiger partial charge in [0.05, 0.1) is 17.1 Å². The smallest absolute Gasteiger partial charge is 0.0543 e. The molecule has 0 fully saturated rings. The maximum Gasteiger partial charge on any atom is 0.0543 e. The van der Waals surface area contributed by atoms with Crippen LogP contribution in [0.4, 0.5) is 17.1 Å². The molecule has 0 aliphatic heterocycles. The standard InChI is InChI=1S/C54H41NS/c1-53(2)43-24-10-5-18-36(43)42-33-34(31-32-45(42)53)35-17-7-12-27-47(35)55(49-29-16-26-46-51(49)41-21-6-11-25-44(41)54(46,3)4)48-28-13-8-19-37(48)39-22-15-23-40-38-20-9-14-30-50(38)56-52(39)40/h5-33H,1-4H3. The van der Waals surface area contributed by atoms with Crippen molar-refractivity contribution in [3.63, 3.8) is 0 Å². The van der Waals surface area contributed by atoms with Crippen LogP contribution in [0.3, 0.4) is 0 Å². The van der Waals surface area contributed by atoms with Gasteiger partial charge in [-0.1, -0.05) is 173 Å². The van der Waals surface area contributed by atoms with E-state index >= 15 is 0 Å². The number of anilines is 3. The van der Waals surface area contributed by atoms with Crippen LogP contribution >= 0.6 is 11.3 Å². The van der Waals surface area contributed by atoms with E-state index in [1.807, 2.05) is 11.3 Å². The molecular formula is C54H41NS. The van der Waals surface area contributed by atoms with E-state index < -0.39 is 0 Å². The van der Waals surface area contributed by atoms with Crippen LogP contribution in [0.1, 0.15) is 49.9 Å². The summed E-state index contributed by atoms with van der Waals surface area (Å²) in [6.07, 6.45) is 0. The highest BCUT2D eigenvalue weighted by atomic mass is 32.1. The number of nitrogens with zero attached hydrogens (tertiary/aromatic N) is 1. The van der Waals surface area contributed by atoms with Crippen LogP contribution in [0, 0.1) is 0 Å². The highest BCUT2D eigenvalue weighted by Crippen LogP contribution is 2.57. The second-order valence-corrected chi connectivity index (χ2v) is 17.5. The summed E-state index contributed by atoms with van der Waals surface area (Å²) in [5.41, 5.74) is 19.0. The Balaban J connectivity index is 1.20. The van der Waals surface area contributed by atoms with Crippen LogP contribution in [0.2, 0.25) is 0 Å². The minimum atomic E-state index is -0.129. The molecule has 9 aromatic rings. The first-order valence-electron chi connectivity index (χ1n) is 19.7. The lowest BCUT2D eigenvalue weighted by Gasteiger charge is -2.32. The molecular weight excluding hydrogens is 695 g/mol. The molecule has 2 heteroatoms. The fourth-order valence-corrected chi connectivity index (χ4v) is 11.2. The third kappa shape index (κ3) is 4.66. The average Bonchev–Trinajstić information content (AvgIpc) is 3.81. The monoisotopic (exact) mass is 735 g/mol. The summed E-state index contributed by atoms with van der Waals surface area (Å²) in [7, 11) is 0. The SMILES string of the molecule is CC1(C)c2ccccc2-c2cc(-c3ccccc3N(c3ccccc3-c3cccc4c3sc3ccccc34)c3cccc4c3-c3ccccc3C4(C)C)ccc21. The van der Waals surface area contributed by atoms with Gasteiger partial charge in [-0.2, -0.15) is 0 Å². The summed E-state index contributed by atoms with van der Waals surface area (Å²) in [5, 5.41) is 2.62. The minimum absolute atomic E-state index is 0.0483. The molecule has 1 heterocycles. The van der Waals surface area contributed by atoms with E-state index in [2.05, 4.69) is 209 Å². The summed E-state index contributed by atoms with van der Waals surface area (Å²) >= 11 is 1.89. The Labute approximate surface area is 333 Å². The van der Waals surface area contributed by atoms with Gasteiger partial charge in [-0.3, -0.25) is 0 Å². The molecule has 1 nitrogen and oxygen atoms in total. The Morgan fingerprint density at radius 3 is 1.70 bits per heavy atom. The van der Waals surface area contributed by atoms with E-state index in [9.17, 15) is 0 Å². The predicted octanol–water partition coefficient (Wildman–Crippen LogP) is 15.5. The second kappa shape index (κ2) is 12.1. The van der Waals surface area contributed by atoms with E-state index in [4.69, 9.17) is 0 Å². The lowest BCUT2D eigenvalue weighted by atomic mass is 9.82. The number of para-hydroxylation sites is 2. The molecule has 0 amide bonds. The number of thiophene rings is 1. The minimum Gasteiger partial charge on any atom is -0.309 e. The third-order valence-corrected chi connectivity index (χ3v) is 13.9. The van der Waals surface area contributed by atoms with Gasteiger partial charge < -0.3 is 4.90 Å². The van der Waals surface area contributed by atoms with Crippen molar-refractivity contribution in [2.24, 2.45) is 0 Å². The van der Waals surface area contributed by atoms with Crippen molar-refractivity contribution in [1.82, 2.24) is 0 Å². The first-order valence-corrected chi connectivity index (χ1v) is 20.5. The van der Waals surface area contributed by atoms with Crippen LogP contribution in [0.25, 0.3) is 64.7 Å². The van der Waals surface area contributed by atoms with Crippen molar-refractivity contribution >= 4 is 48.6 Å². The number of hydrogen-bond donors (Lipinski definition) is 0. The van der Waals surface area contributed by atoms with Crippen LogP contribution in [0.15, 0.2) is 176 Å². The summed E-state index contributed by atoms with van der Waals surface area (Å²) in [6.45, 7) is 9.46. The molecule has 56 heavy (non-hydrogen) atoms. The zero-order valence-corrected chi connectivity index (χ0v) is 32.9. The van der Waals surface area contributed by atoms with Crippen molar-refractivity contribution in [1.29, 1.82) is 0 Å². The zero-order valence-electron chi connectivity index (χ0n) is 32.1. The van der Waals surface area contributed by atoms with Crippen molar-refractivity contribution in [2.75, 3.05) is 4.90 Å². The van der Waals surface area contributed by atoms with Crippen LogP contribution in [-0.2, 0) is 10.8 Å². The van der Waals surface area contributed by atoms with Crippen LogP contribution in [-0.4, -0.2) is 0 Å². The normalized spacial score (nSPS) is 14.4. The van der Waals surface area contributed by atoms with E-state index in [1.165, 1.54) is 92.6 Å². The number of hydrogen-bond acceptors (Lipinski definition) is 2. The first-order chi connectivity index (χ1) is 27.3. The summed E-state index contributed by atoms with van der Waals surface area (Å²) in [6, 6.07) is 65.8. The number of fused-ring (bicyclic) bond motifs is 9. The molecule has 0 radical (unpaired) electrons. The molecule has 0 saturated carbocycles. The molecule has 11 rings (SSSR count). The maximum atomic E-state index is 2.57. The quantitative estimate of drug-likeness (QED) is 0.170. The first kappa shape index (κ1) is 33.1. The van der Waals surface area contributed by atoms with E-state index in [-0.39, 0.29) is 10.8 Å². The molecule has 268 valence electrons. The molecule has 0 N–H and O–H groups in total. The second-order valence-electron chi connectivity index (χ2n) is 16.5. The lowest BCUT2D eigenvalue weighted by Crippen LogP contribution is -2.16. The van der Waals surface area contributed by atoms with Crippen molar-refractivity contribution in [3.8, 4) is 44.5 Å². The molecule has 1 aromatic heterocycles. The van der Waals surface area contributed by atoms with E-state index in [0.717, 1.165) is 11.4 Å². The summed E-state index contributed by atoms with van der Waals surface area (Å²) in [4.78, 5) is 2.57.